The molecule has 3 N–H and O–H groups in total. The Balaban J connectivity index is 2.38. The summed E-state index contributed by atoms with van der Waals surface area (Å²) >= 11 is 0. The quantitative estimate of drug-likeness (QED) is 0.648. The van der Waals surface area contributed by atoms with Gasteiger partial charge in [0, 0.05) is 12.1 Å². The molecule has 126 valence electrons. The Kier molecular flexibility index (Phi) is 7.59. The largest absolute Gasteiger partial charge is 0.491 e. The summed E-state index contributed by atoms with van der Waals surface area (Å²) < 4.78 is 5.49. The molecule has 23 heavy (non-hydrogen) atoms. The Labute approximate surface area is 135 Å². The van der Waals surface area contributed by atoms with E-state index < -0.39 is 5.91 Å². The number of carbonyl (C=O) groups excluding carboxylic acids is 3. The molecule has 1 aromatic carbocycles. The average molecular weight is 321 g/mol. The molecule has 0 aliphatic rings. The van der Waals surface area contributed by atoms with Gasteiger partial charge >= 0.3 is 0 Å². The van der Waals surface area contributed by atoms with Crippen molar-refractivity contribution in [3.63, 3.8) is 0 Å². The van der Waals surface area contributed by atoms with Gasteiger partial charge in [-0.05, 0) is 45.0 Å². The lowest BCUT2D eigenvalue weighted by atomic mass is 10.2. The molecule has 0 atom stereocenters. The van der Waals surface area contributed by atoms with Crippen molar-refractivity contribution in [2.75, 3.05) is 19.6 Å². The predicted octanol–water partition coefficient (Wildman–Crippen LogP) is 0.456. The maximum Gasteiger partial charge on any atom is 0.251 e. The van der Waals surface area contributed by atoms with Crippen molar-refractivity contribution in [3.8, 4) is 5.75 Å². The van der Waals surface area contributed by atoms with Gasteiger partial charge in [-0.1, -0.05) is 0 Å². The second-order valence-corrected chi connectivity index (χ2v) is 5.10. The monoisotopic (exact) mass is 321 g/mol. The van der Waals surface area contributed by atoms with Crippen LogP contribution in [-0.2, 0) is 9.59 Å². The van der Waals surface area contributed by atoms with E-state index in [0.717, 1.165) is 0 Å². The Morgan fingerprint density at radius 1 is 0.957 bits per heavy atom. The lowest BCUT2D eigenvalue weighted by Crippen LogP contribution is -2.41. The van der Waals surface area contributed by atoms with Crippen LogP contribution in [0.5, 0.6) is 5.75 Å². The molecule has 3 amide bonds. The fourth-order valence-electron chi connectivity index (χ4n) is 1.72. The lowest BCUT2D eigenvalue weighted by Gasteiger charge is -2.10. The topological polar surface area (TPSA) is 96.5 Å². The first kappa shape index (κ1) is 18.5. The van der Waals surface area contributed by atoms with Crippen molar-refractivity contribution in [2.45, 2.75) is 26.9 Å². The summed E-state index contributed by atoms with van der Waals surface area (Å²) in [4.78, 5) is 34.6. The van der Waals surface area contributed by atoms with Gasteiger partial charge in [-0.3, -0.25) is 14.4 Å². The number of rotatable bonds is 8. The standard InChI is InChI=1S/C16H23N3O4/c1-4-17-14(20)9-18-15(21)10-19-16(22)12-5-7-13(8-6-12)23-11(2)3/h5-8,11H,4,9-10H2,1-3H3,(H,17,20)(H,18,21)(H,19,22). The highest BCUT2D eigenvalue weighted by Crippen LogP contribution is 2.13. The van der Waals surface area contributed by atoms with Crippen molar-refractivity contribution in [1.29, 1.82) is 0 Å². The maximum absolute atomic E-state index is 11.9. The minimum Gasteiger partial charge on any atom is -0.491 e. The molecule has 0 unspecified atom stereocenters. The highest BCUT2D eigenvalue weighted by atomic mass is 16.5. The summed E-state index contributed by atoms with van der Waals surface area (Å²) in [5.41, 5.74) is 0.428. The summed E-state index contributed by atoms with van der Waals surface area (Å²) in [6.45, 7) is 5.83. The van der Waals surface area contributed by atoms with E-state index in [2.05, 4.69) is 16.0 Å². The molecule has 0 saturated carbocycles. The van der Waals surface area contributed by atoms with Gasteiger partial charge in [0.25, 0.3) is 5.91 Å². The number of likely N-dealkylation sites (N-methyl/N-ethyl adjacent to an activating group) is 1. The van der Waals surface area contributed by atoms with Gasteiger partial charge in [-0.15, -0.1) is 0 Å². The van der Waals surface area contributed by atoms with E-state index in [9.17, 15) is 14.4 Å². The van der Waals surface area contributed by atoms with Crippen LogP contribution in [0.25, 0.3) is 0 Å². The van der Waals surface area contributed by atoms with Crippen molar-refractivity contribution in [2.24, 2.45) is 0 Å². The van der Waals surface area contributed by atoms with Crippen LogP contribution >= 0.6 is 0 Å². The van der Waals surface area contributed by atoms with Crippen molar-refractivity contribution >= 4 is 17.7 Å². The van der Waals surface area contributed by atoms with Crippen molar-refractivity contribution < 1.29 is 19.1 Å². The SMILES string of the molecule is CCNC(=O)CNC(=O)CNC(=O)c1ccc(OC(C)C)cc1. The van der Waals surface area contributed by atoms with Crippen molar-refractivity contribution in [1.82, 2.24) is 16.0 Å². The smallest absolute Gasteiger partial charge is 0.251 e. The van der Waals surface area contributed by atoms with Gasteiger partial charge in [0.05, 0.1) is 19.2 Å². The normalized spacial score (nSPS) is 10.1. The molecular weight excluding hydrogens is 298 g/mol. The van der Waals surface area contributed by atoms with Gasteiger partial charge in [0.15, 0.2) is 0 Å². The van der Waals surface area contributed by atoms with Crippen molar-refractivity contribution in [3.05, 3.63) is 29.8 Å². The zero-order valence-corrected chi connectivity index (χ0v) is 13.6. The van der Waals surface area contributed by atoms with Crippen LogP contribution in [0.2, 0.25) is 0 Å². The minimum atomic E-state index is -0.427. The number of hydrogen-bond acceptors (Lipinski definition) is 4. The van der Waals surface area contributed by atoms with Crippen LogP contribution < -0.4 is 20.7 Å². The molecule has 7 nitrogen and oxygen atoms in total. The van der Waals surface area contributed by atoms with E-state index in [-0.39, 0.29) is 31.0 Å². The molecule has 0 aliphatic heterocycles. The molecule has 1 aromatic rings. The fraction of sp³-hybridized carbons (Fsp3) is 0.438. The molecule has 0 bridgehead atoms. The third-order valence-corrected chi connectivity index (χ3v) is 2.72. The summed E-state index contributed by atoms with van der Waals surface area (Å²) in [5, 5.41) is 7.47. The Bertz CT molecular complexity index is 541. The first-order valence-electron chi connectivity index (χ1n) is 7.50. The summed E-state index contributed by atoms with van der Waals surface area (Å²) in [6, 6.07) is 6.65. The number of nitrogens with one attached hydrogen (secondary N) is 3. The highest BCUT2D eigenvalue weighted by Gasteiger charge is 2.09. The zero-order valence-electron chi connectivity index (χ0n) is 13.6. The Morgan fingerprint density at radius 2 is 1.52 bits per heavy atom. The van der Waals surface area contributed by atoms with Gasteiger partial charge in [-0.25, -0.2) is 0 Å². The molecule has 1 rings (SSSR count). The highest BCUT2D eigenvalue weighted by molar-refractivity contribution is 5.96. The molecule has 0 aromatic heterocycles. The summed E-state index contributed by atoms with van der Waals surface area (Å²) in [7, 11) is 0. The molecule has 0 heterocycles. The number of benzene rings is 1. The van der Waals surface area contributed by atoms with E-state index in [4.69, 9.17) is 4.74 Å². The van der Waals surface area contributed by atoms with Crippen LogP contribution in [0, 0.1) is 0 Å². The van der Waals surface area contributed by atoms with E-state index >= 15 is 0 Å². The molecule has 0 spiro atoms. The molecular formula is C16H23N3O4. The maximum atomic E-state index is 11.9. The fourth-order valence-corrected chi connectivity index (χ4v) is 1.72. The van der Waals surface area contributed by atoms with E-state index in [1.807, 2.05) is 13.8 Å². The first-order valence-corrected chi connectivity index (χ1v) is 7.50. The summed E-state index contributed by atoms with van der Waals surface area (Å²) in [6.07, 6.45) is 0.0586. The average Bonchev–Trinajstić information content (AvgIpc) is 2.51. The second-order valence-electron chi connectivity index (χ2n) is 5.10. The minimum absolute atomic E-state index is 0.0586. The first-order chi connectivity index (χ1) is 10.9. The third-order valence-electron chi connectivity index (χ3n) is 2.72. The number of amides is 3. The number of ether oxygens (including phenoxy) is 1. The molecule has 0 saturated heterocycles. The van der Waals surface area contributed by atoms with Gasteiger partial charge in [-0.2, -0.15) is 0 Å². The summed E-state index contributed by atoms with van der Waals surface area (Å²) in [5.74, 6) is -0.386. The van der Waals surface area contributed by atoms with E-state index in [1.165, 1.54) is 0 Å². The van der Waals surface area contributed by atoms with Gasteiger partial charge in [0.2, 0.25) is 11.8 Å². The van der Waals surface area contributed by atoms with Crippen LogP contribution in [0.3, 0.4) is 0 Å². The second kappa shape index (κ2) is 9.45. The third kappa shape index (κ3) is 7.30. The molecule has 7 heteroatoms. The van der Waals surface area contributed by atoms with E-state index in [0.29, 0.717) is 17.9 Å². The van der Waals surface area contributed by atoms with E-state index in [1.54, 1.807) is 31.2 Å². The van der Waals surface area contributed by atoms with Gasteiger partial charge < -0.3 is 20.7 Å². The Morgan fingerprint density at radius 3 is 2.09 bits per heavy atom. The van der Waals surface area contributed by atoms with Gasteiger partial charge in [0.1, 0.15) is 5.75 Å². The number of carbonyl (C=O) groups is 3. The zero-order chi connectivity index (χ0) is 17.2. The Hall–Kier alpha value is -2.57. The predicted molar refractivity (Wildman–Crippen MR) is 86.2 cm³/mol. The molecule has 0 fully saturated rings. The van der Waals surface area contributed by atoms with Crippen LogP contribution in [0.1, 0.15) is 31.1 Å². The lowest BCUT2D eigenvalue weighted by molar-refractivity contribution is -0.125. The van der Waals surface area contributed by atoms with Crippen LogP contribution in [0.4, 0.5) is 0 Å². The van der Waals surface area contributed by atoms with Crippen LogP contribution in [0.15, 0.2) is 24.3 Å². The number of hydrogen-bond donors (Lipinski definition) is 3. The molecule has 0 radical (unpaired) electrons. The van der Waals surface area contributed by atoms with Crippen LogP contribution in [-0.4, -0.2) is 43.5 Å². The molecule has 0 aliphatic carbocycles.